The Bertz CT molecular complexity index is 988. The lowest BCUT2D eigenvalue weighted by molar-refractivity contribution is -0.113. The van der Waals surface area contributed by atoms with Crippen molar-refractivity contribution in [2.75, 3.05) is 0 Å². The molecule has 1 aliphatic heterocycles. The Morgan fingerprint density at radius 1 is 0.920 bits per heavy atom. The summed E-state index contributed by atoms with van der Waals surface area (Å²) in [6.45, 7) is 0. The number of benzene rings is 2. The van der Waals surface area contributed by atoms with Gasteiger partial charge in [0.2, 0.25) is 0 Å². The molecule has 0 aliphatic carbocycles. The lowest BCUT2D eigenvalue weighted by atomic mass is 10.2. The number of hydrogen-bond acceptors (Lipinski definition) is 3. The van der Waals surface area contributed by atoms with Crippen LogP contribution in [-0.4, -0.2) is 11.0 Å². The number of furan rings is 1. The van der Waals surface area contributed by atoms with Crippen LogP contribution in [0.15, 0.2) is 85.5 Å². The molecule has 0 bridgehead atoms. The van der Waals surface area contributed by atoms with E-state index in [2.05, 4.69) is 20.9 Å². The van der Waals surface area contributed by atoms with E-state index in [1.807, 2.05) is 66.7 Å². The highest BCUT2D eigenvalue weighted by Crippen LogP contribution is 2.33. The van der Waals surface area contributed by atoms with Crippen molar-refractivity contribution >= 4 is 44.7 Å². The lowest BCUT2D eigenvalue weighted by Gasteiger charge is -1.98. The van der Waals surface area contributed by atoms with Gasteiger partial charge in [0, 0.05) is 21.7 Å². The Morgan fingerprint density at radius 2 is 1.68 bits per heavy atom. The average Bonchev–Trinajstić information content (AvgIpc) is 3.24. The van der Waals surface area contributed by atoms with Crippen LogP contribution in [-0.2, 0) is 4.79 Å². The molecule has 0 N–H and O–H groups in total. The summed E-state index contributed by atoms with van der Waals surface area (Å²) in [5, 5.41) is 0.719. The zero-order valence-electron chi connectivity index (χ0n) is 13.0. The van der Waals surface area contributed by atoms with Crippen molar-refractivity contribution in [3.05, 3.63) is 87.4 Å². The molecule has 25 heavy (non-hydrogen) atoms. The normalized spacial score (nSPS) is 15.6. The van der Waals surface area contributed by atoms with Crippen LogP contribution in [0.2, 0.25) is 0 Å². The highest BCUT2D eigenvalue weighted by molar-refractivity contribution is 9.10. The third kappa shape index (κ3) is 3.52. The second-order valence-corrected chi connectivity index (χ2v) is 7.35. The summed E-state index contributed by atoms with van der Waals surface area (Å²) in [7, 11) is 0. The molecule has 0 atom stereocenters. The third-order valence-corrected chi connectivity index (χ3v) is 5.23. The van der Waals surface area contributed by atoms with Crippen LogP contribution in [0, 0.1) is 0 Å². The van der Waals surface area contributed by atoms with Crippen LogP contribution in [0.4, 0.5) is 0 Å². The van der Waals surface area contributed by atoms with Gasteiger partial charge in [0.25, 0.3) is 5.91 Å². The molecule has 4 rings (SSSR count). The Labute approximate surface area is 157 Å². The number of carbonyl (C=O) groups excluding carboxylic acids is 1. The number of aliphatic imine (C=N–C) groups is 1. The molecule has 1 amide bonds. The molecule has 0 spiro atoms. The Hall–Kier alpha value is -2.37. The first-order valence-corrected chi connectivity index (χ1v) is 9.24. The van der Waals surface area contributed by atoms with Crippen molar-refractivity contribution < 1.29 is 9.21 Å². The molecule has 0 unspecified atom stereocenters. The van der Waals surface area contributed by atoms with Crippen LogP contribution in [0.3, 0.4) is 0 Å². The summed E-state index contributed by atoms with van der Waals surface area (Å²) in [5.41, 5.74) is 1.93. The van der Waals surface area contributed by atoms with Crippen molar-refractivity contribution in [2.24, 2.45) is 4.99 Å². The van der Waals surface area contributed by atoms with Crippen LogP contribution in [0.25, 0.3) is 17.4 Å². The molecule has 3 aromatic rings. The first kappa shape index (κ1) is 16.1. The van der Waals surface area contributed by atoms with Gasteiger partial charge in [-0.05, 0) is 24.3 Å². The molecule has 1 aromatic heterocycles. The largest absolute Gasteiger partial charge is 0.457 e. The van der Waals surface area contributed by atoms with E-state index in [0.717, 1.165) is 26.4 Å². The molecule has 0 fully saturated rings. The zero-order chi connectivity index (χ0) is 17.2. The zero-order valence-corrected chi connectivity index (χ0v) is 15.4. The number of halogens is 1. The van der Waals surface area contributed by atoms with Crippen LogP contribution >= 0.6 is 27.7 Å². The topological polar surface area (TPSA) is 42.6 Å². The van der Waals surface area contributed by atoms with Crippen LogP contribution in [0.1, 0.15) is 11.3 Å². The predicted molar refractivity (Wildman–Crippen MR) is 105 cm³/mol. The molecule has 3 nitrogen and oxygen atoms in total. The molecular formula is C20H12BrNO2S. The van der Waals surface area contributed by atoms with E-state index < -0.39 is 0 Å². The maximum Gasteiger partial charge on any atom is 0.285 e. The van der Waals surface area contributed by atoms with Gasteiger partial charge in [-0.2, -0.15) is 0 Å². The van der Waals surface area contributed by atoms with Gasteiger partial charge < -0.3 is 4.42 Å². The smallest absolute Gasteiger partial charge is 0.285 e. The highest BCUT2D eigenvalue weighted by Gasteiger charge is 2.23. The summed E-state index contributed by atoms with van der Waals surface area (Å²) in [4.78, 5) is 16.9. The van der Waals surface area contributed by atoms with Crippen LogP contribution < -0.4 is 0 Å². The monoisotopic (exact) mass is 409 g/mol. The molecule has 5 heteroatoms. The molecule has 2 heterocycles. The number of thioether (sulfide) groups is 1. The predicted octanol–water partition coefficient (Wildman–Crippen LogP) is 5.77. The van der Waals surface area contributed by atoms with Crippen molar-refractivity contribution in [1.82, 2.24) is 0 Å². The van der Waals surface area contributed by atoms with Crippen molar-refractivity contribution in [2.45, 2.75) is 0 Å². The molecule has 1 aliphatic rings. The fraction of sp³-hybridized carbons (Fsp3) is 0. The van der Waals surface area contributed by atoms with Gasteiger partial charge in [0.1, 0.15) is 16.6 Å². The number of rotatable bonds is 3. The Morgan fingerprint density at radius 3 is 2.44 bits per heavy atom. The summed E-state index contributed by atoms with van der Waals surface area (Å²) in [6.07, 6.45) is 1.74. The fourth-order valence-electron chi connectivity index (χ4n) is 2.44. The summed E-state index contributed by atoms with van der Waals surface area (Å²) < 4.78 is 6.87. The van der Waals surface area contributed by atoms with E-state index in [0.29, 0.717) is 10.7 Å². The van der Waals surface area contributed by atoms with E-state index >= 15 is 0 Å². The minimum Gasteiger partial charge on any atom is -0.457 e. The van der Waals surface area contributed by atoms with Gasteiger partial charge in [-0.1, -0.05) is 70.2 Å². The molecular weight excluding hydrogens is 398 g/mol. The van der Waals surface area contributed by atoms with Crippen molar-refractivity contribution in [3.63, 3.8) is 0 Å². The average molecular weight is 410 g/mol. The van der Waals surface area contributed by atoms with E-state index in [1.54, 1.807) is 6.08 Å². The van der Waals surface area contributed by atoms with Gasteiger partial charge >= 0.3 is 0 Å². The maximum absolute atomic E-state index is 12.2. The molecule has 0 radical (unpaired) electrons. The molecule has 0 saturated carbocycles. The summed E-state index contributed by atoms with van der Waals surface area (Å²) >= 11 is 4.79. The Balaban J connectivity index is 1.56. The highest BCUT2D eigenvalue weighted by atomic mass is 79.9. The minimum atomic E-state index is -0.231. The van der Waals surface area contributed by atoms with Crippen LogP contribution in [0.5, 0.6) is 0 Å². The van der Waals surface area contributed by atoms with Crippen molar-refractivity contribution in [3.8, 4) is 11.3 Å². The summed E-state index contributed by atoms with van der Waals surface area (Å²) in [5.74, 6) is 1.17. The third-order valence-electron chi connectivity index (χ3n) is 3.67. The first-order valence-electron chi connectivity index (χ1n) is 7.63. The van der Waals surface area contributed by atoms with E-state index in [-0.39, 0.29) is 5.91 Å². The standard InChI is InChI=1S/C20H12BrNO2S/c21-15-8-6-13(7-9-15)17-11-10-16(24-17)12-18-19(23)22-20(25-18)14-4-2-1-3-5-14/h1-12H. The van der Waals surface area contributed by atoms with Gasteiger partial charge in [-0.25, -0.2) is 4.99 Å². The molecule has 2 aromatic carbocycles. The van der Waals surface area contributed by atoms with Gasteiger partial charge in [0.15, 0.2) is 0 Å². The molecule has 122 valence electrons. The number of amides is 1. The second-order valence-electron chi connectivity index (χ2n) is 5.41. The second kappa shape index (κ2) is 6.86. The van der Waals surface area contributed by atoms with E-state index in [1.165, 1.54) is 11.8 Å². The Kier molecular flexibility index (Phi) is 4.42. The number of carbonyl (C=O) groups is 1. The maximum atomic E-state index is 12.2. The summed E-state index contributed by atoms with van der Waals surface area (Å²) in [6, 6.07) is 21.3. The number of nitrogens with zero attached hydrogens (tertiary/aromatic N) is 1. The van der Waals surface area contributed by atoms with E-state index in [4.69, 9.17) is 4.42 Å². The van der Waals surface area contributed by atoms with Crippen molar-refractivity contribution in [1.29, 1.82) is 0 Å². The van der Waals surface area contributed by atoms with Gasteiger partial charge in [0.05, 0.1) is 4.91 Å². The van der Waals surface area contributed by atoms with Gasteiger partial charge in [-0.3, -0.25) is 4.79 Å². The quantitative estimate of drug-likeness (QED) is 0.515. The fourth-order valence-corrected chi connectivity index (χ4v) is 3.61. The minimum absolute atomic E-state index is 0.231. The number of hydrogen-bond donors (Lipinski definition) is 0. The van der Waals surface area contributed by atoms with E-state index in [9.17, 15) is 4.79 Å². The first-order chi connectivity index (χ1) is 12.2. The molecule has 0 saturated heterocycles. The SMILES string of the molecule is O=C1N=C(c2ccccc2)SC1=Cc1ccc(-c2ccc(Br)cc2)o1. The van der Waals surface area contributed by atoms with Gasteiger partial charge in [-0.15, -0.1) is 0 Å². The lowest BCUT2D eigenvalue weighted by Crippen LogP contribution is -1.89.